The predicted octanol–water partition coefficient (Wildman–Crippen LogP) is 2.68. The number of nitrogens with zero attached hydrogens (tertiary/aromatic N) is 2. The summed E-state index contributed by atoms with van der Waals surface area (Å²) < 4.78 is 33.0. The fourth-order valence-electron chi connectivity index (χ4n) is 3.98. The van der Waals surface area contributed by atoms with Crippen LogP contribution in [-0.2, 0) is 14.8 Å². The van der Waals surface area contributed by atoms with E-state index in [-0.39, 0.29) is 10.8 Å². The van der Waals surface area contributed by atoms with E-state index in [9.17, 15) is 13.2 Å². The van der Waals surface area contributed by atoms with Crippen LogP contribution in [-0.4, -0.2) is 62.9 Å². The standard InChI is InChI=1S/C20H31N3O4S/c1-16-8-4-7-11-22(16)15-20(24)21-17-9-10-18(27-2)19(14-17)28(25,26)23-12-5-3-6-13-23/h9-10,14,16H,3-8,11-13,15H2,1-2H3,(H,21,24). The van der Waals surface area contributed by atoms with Crippen molar-refractivity contribution in [1.29, 1.82) is 0 Å². The van der Waals surface area contributed by atoms with Crippen molar-refractivity contribution < 1.29 is 17.9 Å². The van der Waals surface area contributed by atoms with Gasteiger partial charge in [0.2, 0.25) is 15.9 Å². The lowest BCUT2D eigenvalue weighted by atomic mass is 10.0. The van der Waals surface area contributed by atoms with Gasteiger partial charge in [0.05, 0.1) is 13.7 Å². The van der Waals surface area contributed by atoms with Crippen LogP contribution in [0.1, 0.15) is 45.4 Å². The maximum absolute atomic E-state index is 13.1. The molecule has 1 unspecified atom stereocenters. The maximum atomic E-state index is 13.1. The number of hydrogen-bond acceptors (Lipinski definition) is 5. The van der Waals surface area contributed by atoms with Gasteiger partial charge in [0.15, 0.2) is 0 Å². The average molecular weight is 410 g/mol. The van der Waals surface area contributed by atoms with Crippen molar-refractivity contribution in [3.63, 3.8) is 0 Å². The molecule has 0 radical (unpaired) electrons. The van der Waals surface area contributed by atoms with Crippen molar-refractivity contribution in [1.82, 2.24) is 9.21 Å². The van der Waals surface area contributed by atoms with E-state index in [1.807, 2.05) is 0 Å². The number of anilines is 1. The highest BCUT2D eigenvalue weighted by Crippen LogP contribution is 2.31. The lowest BCUT2D eigenvalue weighted by Crippen LogP contribution is -2.42. The Balaban J connectivity index is 1.75. The van der Waals surface area contributed by atoms with Crippen LogP contribution in [0.2, 0.25) is 0 Å². The topological polar surface area (TPSA) is 79.0 Å². The summed E-state index contributed by atoms with van der Waals surface area (Å²) >= 11 is 0. The maximum Gasteiger partial charge on any atom is 0.246 e. The van der Waals surface area contributed by atoms with Gasteiger partial charge in [-0.15, -0.1) is 0 Å². The Bertz CT molecular complexity index is 791. The molecular weight excluding hydrogens is 378 g/mol. The minimum Gasteiger partial charge on any atom is -0.495 e. The number of nitrogens with one attached hydrogen (secondary N) is 1. The summed E-state index contributed by atoms with van der Waals surface area (Å²) in [5, 5.41) is 2.86. The van der Waals surface area contributed by atoms with Crippen LogP contribution in [0, 0.1) is 0 Å². The molecule has 2 heterocycles. The largest absolute Gasteiger partial charge is 0.495 e. The second-order valence-corrected chi connectivity index (χ2v) is 9.60. The van der Waals surface area contributed by atoms with Crippen LogP contribution in [0.5, 0.6) is 5.75 Å². The van der Waals surface area contributed by atoms with Gasteiger partial charge in [-0.2, -0.15) is 4.31 Å². The Labute approximate surface area is 168 Å². The lowest BCUT2D eigenvalue weighted by Gasteiger charge is -2.32. The van der Waals surface area contributed by atoms with Crippen molar-refractivity contribution >= 4 is 21.6 Å². The van der Waals surface area contributed by atoms with Gasteiger partial charge in [0.1, 0.15) is 10.6 Å². The molecule has 1 atom stereocenters. The van der Waals surface area contributed by atoms with Gasteiger partial charge in [-0.05, 0) is 57.4 Å². The molecular formula is C20H31N3O4S. The molecule has 1 aromatic carbocycles. The summed E-state index contributed by atoms with van der Waals surface area (Å²) in [6.45, 7) is 4.43. The average Bonchev–Trinajstić information content (AvgIpc) is 2.70. The number of sulfonamides is 1. The van der Waals surface area contributed by atoms with Crippen LogP contribution >= 0.6 is 0 Å². The molecule has 2 aliphatic heterocycles. The Kier molecular flexibility index (Phi) is 6.95. The molecule has 0 saturated carbocycles. The lowest BCUT2D eigenvalue weighted by molar-refractivity contribution is -0.118. The second-order valence-electron chi connectivity index (χ2n) is 7.69. The molecule has 3 rings (SSSR count). The van der Waals surface area contributed by atoms with E-state index >= 15 is 0 Å². The number of piperidine rings is 2. The summed E-state index contributed by atoms with van der Waals surface area (Å²) in [5.74, 6) is 0.175. The highest BCUT2D eigenvalue weighted by Gasteiger charge is 2.29. The van der Waals surface area contributed by atoms with Gasteiger partial charge in [-0.25, -0.2) is 8.42 Å². The van der Waals surface area contributed by atoms with Crippen molar-refractivity contribution in [2.75, 3.05) is 38.6 Å². The molecule has 2 aliphatic rings. The van der Waals surface area contributed by atoms with Gasteiger partial charge in [0.25, 0.3) is 0 Å². The molecule has 1 N–H and O–H groups in total. The molecule has 7 nitrogen and oxygen atoms in total. The number of benzene rings is 1. The Hall–Kier alpha value is -1.64. The monoisotopic (exact) mass is 409 g/mol. The molecule has 0 bridgehead atoms. The number of likely N-dealkylation sites (tertiary alicyclic amines) is 1. The minimum atomic E-state index is -3.65. The third-order valence-electron chi connectivity index (χ3n) is 5.67. The number of hydrogen-bond donors (Lipinski definition) is 1. The molecule has 1 aromatic rings. The normalized spacial score (nSPS) is 22.0. The smallest absolute Gasteiger partial charge is 0.246 e. The summed E-state index contributed by atoms with van der Waals surface area (Å²) in [7, 11) is -2.19. The van der Waals surface area contributed by atoms with Crippen LogP contribution in [0.3, 0.4) is 0 Å². The molecule has 156 valence electrons. The van der Waals surface area contributed by atoms with Crippen LogP contribution in [0.25, 0.3) is 0 Å². The van der Waals surface area contributed by atoms with E-state index in [0.29, 0.717) is 37.1 Å². The Morgan fingerprint density at radius 2 is 1.86 bits per heavy atom. The fraction of sp³-hybridized carbons (Fsp3) is 0.650. The second kappa shape index (κ2) is 9.24. The van der Waals surface area contributed by atoms with E-state index in [1.165, 1.54) is 23.9 Å². The number of rotatable bonds is 6. The number of amides is 1. The molecule has 0 spiro atoms. The summed E-state index contributed by atoms with van der Waals surface area (Å²) in [5.41, 5.74) is 0.478. The zero-order valence-corrected chi connectivity index (χ0v) is 17.6. The number of ether oxygens (including phenoxy) is 1. The molecule has 2 fully saturated rings. The van der Waals surface area contributed by atoms with E-state index < -0.39 is 10.0 Å². The van der Waals surface area contributed by atoms with E-state index in [0.717, 1.165) is 38.6 Å². The van der Waals surface area contributed by atoms with Gasteiger partial charge >= 0.3 is 0 Å². The van der Waals surface area contributed by atoms with Gasteiger partial charge in [-0.3, -0.25) is 9.69 Å². The van der Waals surface area contributed by atoms with Crippen LogP contribution < -0.4 is 10.1 Å². The van der Waals surface area contributed by atoms with Gasteiger partial charge in [0, 0.05) is 24.8 Å². The van der Waals surface area contributed by atoms with Crippen molar-refractivity contribution in [2.45, 2.75) is 56.4 Å². The minimum absolute atomic E-state index is 0.112. The molecule has 0 aromatic heterocycles. The summed E-state index contributed by atoms with van der Waals surface area (Å²) in [4.78, 5) is 14.8. The number of carbonyl (C=O) groups is 1. The molecule has 8 heteroatoms. The Morgan fingerprint density at radius 1 is 1.14 bits per heavy atom. The fourth-order valence-corrected chi connectivity index (χ4v) is 5.68. The van der Waals surface area contributed by atoms with Crippen molar-refractivity contribution in [3.8, 4) is 5.75 Å². The quantitative estimate of drug-likeness (QED) is 0.781. The van der Waals surface area contributed by atoms with Crippen molar-refractivity contribution in [2.24, 2.45) is 0 Å². The van der Waals surface area contributed by atoms with Gasteiger partial charge < -0.3 is 10.1 Å². The van der Waals surface area contributed by atoms with Crippen molar-refractivity contribution in [3.05, 3.63) is 18.2 Å². The van der Waals surface area contributed by atoms with E-state index in [4.69, 9.17) is 4.74 Å². The summed E-state index contributed by atoms with van der Waals surface area (Å²) in [6.07, 6.45) is 6.20. The first-order chi connectivity index (χ1) is 13.4. The molecule has 1 amide bonds. The zero-order chi connectivity index (χ0) is 20.1. The Morgan fingerprint density at radius 3 is 2.54 bits per heavy atom. The molecule has 28 heavy (non-hydrogen) atoms. The first-order valence-electron chi connectivity index (χ1n) is 10.1. The van der Waals surface area contributed by atoms with Crippen LogP contribution in [0.4, 0.5) is 5.69 Å². The number of methoxy groups -OCH3 is 1. The summed E-state index contributed by atoms with van der Waals surface area (Å²) in [6, 6.07) is 5.20. The number of carbonyl (C=O) groups excluding carboxylic acids is 1. The first-order valence-corrected chi connectivity index (χ1v) is 11.6. The molecule has 2 saturated heterocycles. The van der Waals surface area contributed by atoms with E-state index in [1.54, 1.807) is 12.1 Å². The zero-order valence-electron chi connectivity index (χ0n) is 16.8. The van der Waals surface area contributed by atoms with E-state index in [2.05, 4.69) is 17.1 Å². The van der Waals surface area contributed by atoms with Crippen LogP contribution in [0.15, 0.2) is 23.1 Å². The highest BCUT2D eigenvalue weighted by atomic mass is 32.2. The molecule has 0 aliphatic carbocycles. The highest BCUT2D eigenvalue weighted by molar-refractivity contribution is 7.89. The van der Waals surface area contributed by atoms with Gasteiger partial charge in [-0.1, -0.05) is 12.8 Å². The SMILES string of the molecule is COc1ccc(NC(=O)CN2CCCCC2C)cc1S(=O)(=O)N1CCCCC1. The first kappa shape index (κ1) is 21.1. The third kappa shape index (κ3) is 4.85. The third-order valence-corrected chi connectivity index (χ3v) is 7.59. The predicted molar refractivity (Wildman–Crippen MR) is 109 cm³/mol.